The Kier molecular flexibility index (Phi) is 36.0. The number of carbonyl (C=O) groups excluding carboxylic acids is 3. The maximum Gasteiger partial charge on any atom is 0.306 e. The molecule has 0 aromatic carbocycles. The molecule has 296 valence electrons. The predicted molar refractivity (Wildman–Crippen MR) is 210 cm³/mol. The fraction of sp³-hybridized carbons (Fsp3) is 0.932. The van der Waals surface area contributed by atoms with Crippen molar-refractivity contribution in [3.63, 3.8) is 0 Å². The van der Waals surface area contributed by atoms with Crippen LogP contribution >= 0.6 is 0 Å². The minimum Gasteiger partial charge on any atom is -0.462 e. The first-order chi connectivity index (χ1) is 24.2. The molecule has 0 aliphatic heterocycles. The van der Waals surface area contributed by atoms with Gasteiger partial charge in [-0.2, -0.15) is 0 Å². The third-order valence-electron chi connectivity index (χ3n) is 9.72. The van der Waals surface area contributed by atoms with Gasteiger partial charge in [-0.05, 0) is 31.1 Å². The smallest absolute Gasteiger partial charge is 0.306 e. The molecule has 0 radical (unpaired) electrons. The van der Waals surface area contributed by atoms with Crippen LogP contribution in [0, 0.1) is 11.8 Å². The summed E-state index contributed by atoms with van der Waals surface area (Å²) in [6.45, 7) is 11.2. The van der Waals surface area contributed by atoms with E-state index in [1.54, 1.807) is 0 Å². The fourth-order valence-corrected chi connectivity index (χ4v) is 6.40. The monoisotopic (exact) mass is 709 g/mol. The Morgan fingerprint density at radius 1 is 0.380 bits per heavy atom. The minimum absolute atomic E-state index is 0.0664. The van der Waals surface area contributed by atoms with Gasteiger partial charge in [0.2, 0.25) is 0 Å². The number of esters is 3. The average Bonchev–Trinajstić information content (AvgIpc) is 3.08. The first-order valence-corrected chi connectivity index (χ1v) is 21.7. The molecule has 0 unspecified atom stereocenters. The first kappa shape index (κ1) is 48.4. The van der Waals surface area contributed by atoms with Crippen molar-refractivity contribution in [3.05, 3.63) is 0 Å². The molecule has 0 saturated carbocycles. The number of carbonyl (C=O) groups is 3. The van der Waals surface area contributed by atoms with E-state index in [1.165, 1.54) is 122 Å². The lowest BCUT2D eigenvalue weighted by Gasteiger charge is -2.18. The molecule has 0 aromatic rings. The Bertz CT molecular complexity index is 764. The molecule has 0 amide bonds. The van der Waals surface area contributed by atoms with Crippen LogP contribution in [0.1, 0.15) is 234 Å². The Morgan fingerprint density at radius 2 is 0.660 bits per heavy atom. The Hall–Kier alpha value is -1.59. The Labute approximate surface area is 310 Å². The quantitative estimate of drug-likeness (QED) is 0.0361. The van der Waals surface area contributed by atoms with E-state index in [0.717, 1.165) is 69.6 Å². The van der Waals surface area contributed by atoms with E-state index < -0.39 is 6.10 Å². The van der Waals surface area contributed by atoms with Crippen molar-refractivity contribution in [3.8, 4) is 0 Å². The second-order valence-corrected chi connectivity index (χ2v) is 15.9. The zero-order chi connectivity index (χ0) is 36.9. The van der Waals surface area contributed by atoms with Gasteiger partial charge in [0.15, 0.2) is 6.10 Å². The van der Waals surface area contributed by atoms with Crippen molar-refractivity contribution in [2.24, 2.45) is 11.8 Å². The highest BCUT2D eigenvalue weighted by Crippen LogP contribution is 2.16. The van der Waals surface area contributed by atoms with Gasteiger partial charge in [0.1, 0.15) is 13.2 Å². The highest BCUT2D eigenvalue weighted by molar-refractivity contribution is 5.71. The molecular formula is C44H84O6. The molecule has 0 aliphatic rings. The second-order valence-electron chi connectivity index (χ2n) is 15.9. The SMILES string of the molecule is CCCCCCCCCC(=O)OC[C@H](COC(=O)CCCCCCCCCCCCCCCC(C)C)OC(=O)CCCCCCCCC(C)C. The van der Waals surface area contributed by atoms with Crippen LogP contribution in [0.3, 0.4) is 0 Å². The first-order valence-electron chi connectivity index (χ1n) is 21.7. The maximum absolute atomic E-state index is 12.6. The van der Waals surface area contributed by atoms with E-state index in [2.05, 4.69) is 34.6 Å². The molecule has 50 heavy (non-hydrogen) atoms. The highest BCUT2D eigenvalue weighted by Gasteiger charge is 2.19. The third-order valence-corrected chi connectivity index (χ3v) is 9.72. The largest absolute Gasteiger partial charge is 0.462 e. The summed E-state index contributed by atoms with van der Waals surface area (Å²) >= 11 is 0. The summed E-state index contributed by atoms with van der Waals surface area (Å²) in [5, 5.41) is 0. The van der Waals surface area contributed by atoms with E-state index in [1.807, 2.05) is 0 Å². The van der Waals surface area contributed by atoms with Crippen molar-refractivity contribution in [2.45, 2.75) is 240 Å². The van der Waals surface area contributed by atoms with Gasteiger partial charge in [0.05, 0.1) is 0 Å². The summed E-state index contributed by atoms with van der Waals surface area (Å²) in [5.41, 5.74) is 0. The van der Waals surface area contributed by atoms with Crippen LogP contribution in [0.4, 0.5) is 0 Å². The van der Waals surface area contributed by atoms with Crippen molar-refractivity contribution in [1.82, 2.24) is 0 Å². The zero-order valence-electron chi connectivity index (χ0n) is 34.0. The average molecular weight is 709 g/mol. The van der Waals surface area contributed by atoms with Gasteiger partial charge in [-0.15, -0.1) is 0 Å². The summed E-state index contributed by atoms with van der Waals surface area (Å²) < 4.78 is 16.6. The van der Waals surface area contributed by atoms with E-state index in [0.29, 0.717) is 19.3 Å². The van der Waals surface area contributed by atoms with Crippen molar-refractivity contribution in [2.75, 3.05) is 13.2 Å². The van der Waals surface area contributed by atoms with Gasteiger partial charge in [-0.3, -0.25) is 14.4 Å². The second kappa shape index (κ2) is 37.2. The lowest BCUT2D eigenvalue weighted by molar-refractivity contribution is -0.167. The van der Waals surface area contributed by atoms with E-state index in [-0.39, 0.29) is 31.1 Å². The van der Waals surface area contributed by atoms with Gasteiger partial charge in [-0.1, -0.05) is 195 Å². The molecule has 0 N–H and O–H groups in total. The number of ether oxygens (including phenoxy) is 3. The van der Waals surface area contributed by atoms with Crippen LogP contribution < -0.4 is 0 Å². The van der Waals surface area contributed by atoms with E-state index in [4.69, 9.17) is 14.2 Å². The van der Waals surface area contributed by atoms with E-state index >= 15 is 0 Å². The molecule has 0 rings (SSSR count). The number of unbranched alkanes of at least 4 members (excludes halogenated alkanes) is 23. The molecule has 0 aliphatic carbocycles. The number of hydrogen-bond acceptors (Lipinski definition) is 6. The molecule has 6 nitrogen and oxygen atoms in total. The summed E-state index contributed by atoms with van der Waals surface area (Å²) in [7, 11) is 0. The molecule has 1 atom stereocenters. The fourth-order valence-electron chi connectivity index (χ4n) is 6.40. The highest BCUT2D eigenvalue weighted by atomic mass is 16.6. The molecule has 0 bridgehead atoms. The van der Waals surface area contributed by atoms with Crippen molar-refractivity contribution < 1.29 is 28.6 Å². The number of hydrogen-bond donors (Lipinski definition) is 0. The molecule has 0 aromatic heterocycles. The van der Waals surface area contributed by atoms with Crippen LogP contribution in [0.25, 0.3) is 0 Å². The molecule has 0 saturated heterocycles. The third kappa shape index (κ3) is 37.7. The summed E-state index contributed by atoms with van der Waals surface area (Å²) in [4.78, 5) is 37.4. The van der Waals surface area contributed by atoms with Crippen molar-refractivity contribution in [1.29, 1.82) is 0 Å². The predicted octanol–water partition coefficient (Wildman–Crippen LogP) is 13.4. The Morgan fingerprint density at radius 3 is 0.980 bits per heavy atom. The van der Waals surface area contributed by atoms with Gasteiger partial charge < -0.3 is 14.2 Å². The van der Waals surface area contributed by atoms with E-state index in [9.17, 15) is 14.4 Å². The lowest BCUT2D eigenvalue weighted by atomic mass is 10.0. The topological polar surface area (TPSA) is 78.9 Å². The van der Waals surface area contributed by atoms with Crippen molar-refractivity contribution >= 4 is 17.9 Å². The summed E-state index contributed by atoms with van der Waals surface area (Å²) in [6.07, 6.45) is 34.0. The van der Waals surface area contributed by atoms with Crippen LogP contribution in [0.15, 0.2) is 0 Å². The molecule has 6 heteroatoms. The van der Waals surface area contributed by atoms with Crippen LogP contribution in [-0.4, -0.2) is 37.2 Å². The minimum atomic E-state index is -0.759. The number of rotatable bonds is 38. The van der Waals surface area contributed by atoms with Gasteiger partial charge >= 0.3 is 17.9 Å². The van der Waals surface area contributed by atoms with Gasteiger partial charge in [0, 0.05) is 19.3 Å². The maximum atomic E-state index is 12.6. The van der Waals surface area contributed by atoms with Gasteiger partial charge in [0.25, 0.3) is 0 Å². The van der Waals surface area contributed by atoms with Crippen LogP contribution in [0.2, 0.25) is 0 Å². The normalized spacial score (nSPS) is 12.1. The van der Waals surface area contributed by atoms with Gasteiger partial charge in [-0.25, -0.2) is 0 Å². The molecular weight excluding hydrogens is 624 g/mol. The zero-order valence-corrected chi connectivity index (χ0v) is 34.0. The molecule has 0 spiro atoms. The summed E-state index contributed by atoms with van der Waals surface area (Å²) in [5.74, 6) is 0.728. The Balaban J connectivity index is 4.22. The molecule has 0 fully saturated rings. The standard InChI is InChI=1S/C44H84O6/c1-6-7-8-9-17-24-29-34-42(45)48-37-41(50-44(47)36-31-26-21-20-23-28-33-40(4)5)38-49-43(46)35-30-25-19-16-14-12-10-11-13-15-18-22-27-32-39(2)3/h39-41H,6-38H2,1-5H3/t41-/m1/s1. The lowest BCUT2D eigenvalue weighted by Crippen LogP contribution is -2.30. The van der Waals surface area contributed by atoms with Crippen LogP contribution in [-0.2, 0) is 28.6 Å². The summed E-state index contributed by atoms with van der Waals surface area (Å²) in [6, 6.07) is 0. The molecule has 0 heterocycles. The van der Waals surface area contributed by atoms with Crippen LogP contribution in [0.5, 0.6) is 0 Å².